The first-order valence-corrected chi connectivity index (χ1v) is 10.5. The molecule has 25 heavy (non-hydrogen) atoms. The van der Waals surface area contributed by atoms with E-state index >= 15 is 0 Å². The van der Waals surface area contributed by atoms with Crippen molar-refractivity contribution in [1.82, 2.24) is 10.0 Å². The minimum absolute atomic E-state index is 0.191. The summed E-state index contributed by atoms with van der Waals surface area (Å²) in [5.74, 6) is 1.22. The number of unbranched alkanes of at least 4 members (excludes halogenated alkanes) is 4. The number of nitrogens with one attached hydrogen (secondary N) is 2. The fourth-order valence-electron chi connectivity index (χ4n) is 2.47. The first-order chi connectivity index (χ1) is 12.1. The Kier molecular flexibility index (Phi) is 12.6. The van der Waals surface area contributed by atoms with Gasteiger partial charge in [-0.05, 0) is 50.4 Å². The molecule has 1 aromatic carbocycles. The molecule has 0 bridgehead atoms. The zero-order chi connectivity index (χ0) is 18.3. The molecule has 0 heterocycles. The maximum Gasteiger partial charge on any atom is 0.146 e. The van der Waals surface area contributed by atoms with E-state index in [0.29, 0.717) is 18.7 Å². The molecule has 0 aliphatic carbocycles. The quantitative estimate of drug-likeness (QED) is 0.336. The lowest BCUT2D eigenvalue weighted by molar-refractivity contribution is -0.118. The molecule has 0 radical (unpaired) electrons. The fraction of sp³-hybridized carbons (Fsp3) is 0.650. The van der Waals surface area contributed by atoms with Gasteiger partial charge in [-0.2, -0.15) is 0 Å². The molecule has 0 saturated carbocycles. The second-order valence-corrected chi connectivity index (χ2v) is 7.41. The first kappa shape index (κ1) is 22.1. The van der Waals surface area contributed by atoms with Crippen LogP contribution in [-0.4, -0.2) is 24.6 Å². The highest BCUT2D eigenvalue weighted by Crippen LogP contribution is 2.16. The topological polar surface area (TPSA) is 41.1 Å². The van der Waals surface area contributed by atoms with Crippen LogP contribution in [0.4, 0.5) is 4.39 Å². The fourth-order valence-corrected chi connectivity index (χ4v) is 3.32. The summed E-state index contributed by atoms with van der Waals surface area (Å²) in [5, 5.41) is 3.24. The van der Waals surface area contributed by atoms with Crippen LogP contribution in [0.2, 0.25) is 0 Å². The predicted molar refractivity (Wildman–Crippen MR) is 106 cm³/mol. The van der Waals surface area contributed by atoms with E-state index in [4.69, 9.17) is 0 Å². The maximum atomic E-state index is 12.9. The van der Waals surface area contributed by atoms with E-state index in [1.807, 2.05) is 12.1 Å². The summed E-state index contributed by atoms with van der Waals surface area (Å²) in [6, 6.07) is 6.88. The van der Waals surface area contributed by atoms with Gasteiger partial charge < -0.3 is 5.32 Å². The van der Waals surface area contributed by atoms with Crippen molar-refractivity contribution < 1.29 is 9.18 Å². The Bertz CT molecular complexity index is 467. The molecule has 2 N–H and O–H groups in total. The molecule has 1 rings (SSSR count). The van der Waals surface area contributed by atoms with Crippen molar-refractivity contribution in [3.8, 4) is 0 Å². The Morgan fingerprint density at radius 3 is 2.56 bits per heavy atom. The third kappa shape index (κ3) is 11.3. The van der Waals surface area contributed by atoms with Crippen molar-refractivity contribution in [3.63, 3.8) is 0 Å². The summed E-state index contributed by atoms with van der Waals surface area (Å²) in [6.07, 6.45) is 7.53. The molecule has 1 atom stereocenters. The van der Waals surface area contributed by atoms with Crippen LogP contribution in [0.1, 0.15) is 70.4 Å². The largest absolute Gasteiger partial charge is 0.310 e. The van der Waals surface area contributed by atoms with Crippen molar-refractivity contribution >= 4 is 17.7 Å². The average Bonchev–Trinajstić information content (AvgIpc) is 2.61. The summed E-state index contributed by atoms with van der Waals surface area (Å²) in [7, 11) is 0. The molecule has 0 aliphatic heterocycles. The Hall–Kier alpha value is -0.910. The van der Waals surface area contributed by atoms with Crippen molar-refractivity contribution in [1.29, 1.82) is 0 Å². The van der Waals surface area contributed by atoms with Gasteiger partial charge in [0.15, 0.2) is 0 Å². The van der Waals surface area contributed by atoms with Crippen molar-refractivity contribution in [2.45, 2.75) is 64.8 Å². The molecule has 1 aromatic rings. The highest BCUT2D eigenvalue weighted by molar-refractivity contribution is 7.97. The standard InChI is InChI=1S/C20H33FN2OS/c1-3-4-9-20(24)16-22-14-7-5-6-8-15-25-23-17(2)18-10-12-19(21)13-11-18/h10-13,17,22-23H,3-9,14-16H2,1-2H3. The van der Waals surface area contributed by atoms with Gasteiger partial charge in [0.05, 0.1) is 6.54 Å². The monoisotopic (exact) mass is 368 g/mol. The zero-order valence-electron chi connectivity index (χ0n) is 15.7. The third-order valence-electron chi connectivity index (χ3n) is 4.11. The lowest BCUT2D eigenvalue weighted by Crippen LogP contribution is -2.23. The number of carbonyl (C=O) groups is 1. The number of hydrogen-bond donors (Lipinski definition) is 2. The van der Waals surface area contributed by atoms with Crippen LogP contribution < -0.4 is 10.0 Å². The first-order valence-electron chi connectivity index (χ1n) is 9.48. The SMILES string of the molecule is CCCCC(=O)CNCCCCCCSNC(C)c1ccc(F)cc1. The Morgan fingerprint density at radius 1 is 1.12 bits per heavy atom. The normalized spacial score (nSPS) is 12.3. The molecule has 142 valence electrons. The molecule has 0 spiro atoms. The maximum absolute atomic E-state index is 12.9. The van der Waals surface area contributed by atoms with Gasteiger partial charge in [0.2, 0.25) is 0 Å². The van der Waals surface area contributed by atoms with Crippen molar-refractivity contribution in [3.05, 3.63) is 35.6 Å². The Morgan fingerprint density at radius 2 is 1.84 bits per heavy atom. The molecule has 0 saturated heterocycles. The second-order valence-electron chi connectivity index (χ2n) is 6.47. The van der Waals surface area contributed by atoms with Crippen LogP contribution in [0.25, 0.3) is 0 Å². The van der Waals surface area contributed by atoms with E-state index in [9.17, 15) is 9.18 Å². The van der Waals surface area contributed by atoms with E-state index in [1.165, 1.54) is 31.4 Å². The van der Waals surface area contributed by atoms with Gasteiger partial charge in [-0.3, -0.25) is 9.52 Å². The number of Topliss-reactive ketones (excluding diaryl/α,β-unsaturated/α-hetero) is 1. The van der Waals surface area contributed by atoms with Crippen LogP contribution in [0.3, 0.4) is 0 Å². The average molecular weight is 369 g/mol. The number of benzene rings is 1. The van der Waals surface area contributed by atoms with E-state index < -0.39 is 0 Å². The molecular formula is C20H33FN2OS. The molecule has 0 aliphatic rings. The number of ketones is 1. The number of halogens is 1. The van der Waals surface area contributed by atoms with Gasteiger partial charge >= 0.3 is 0 Å². The van der Waals surface area contributed by atoms with Crippen LogP contribution in [0.5, 0.6) is 0 Å². The van der Waals surface area contributed by atoms with Crippen molar-refractivity contribution in [2.24, 2.45) is 0 Å². The summed E-state index contributed by atoms with van der Waals surface area (Å²) < 4.78 is 16.3. The third-order valence-corrected chi connectivity index (χ3v) is 5.12. The minimum Gasteiger partial charge on any atom is -0.310 e. The Labute approximate surface area is 156 Å². The van der Waals surface area contributed by atoms with Gasteiger partial charge in [0.25, 0.3) is 0 Å². The van der Waals surface area contributed by atoms with E-state index in [0.717, 1.165) is 37.1 Å². The molecule has 5 heteroatoms. The van der Waals surface area contributed by atoms with Crippen molar-refractivity contribution in [2.75, 3.05) is 18.8 Å². The lowest BCUT2D eigenvalue weighted by Gasteiger charge is -2.13. The minimum atomic E-state index is -0.191. The van der Waals surface area contributed by atoms with Gasteiger partial charge in [0, 0.05) is 18.2 Å². The molecule has 0 fully saturated rings. The summed E-state index contributed by atoms with van der Waals surface area (Å²) in [4.78, 5) is 11.5. The summed E-state index contributed by atoms with van der Waals surface area (Å²) in [5.41, 5.74) is 1.11. The molecule has 1 unspecified atom stereocenters. The van der Waals surface area contributed by atoms with E-state index in [2.05, 4.69) is 23.9 Å². The number of hydrogen-bond acceptors (Lipinski definition) is 4. The van der Waals surface area contributed by atoms with Gasteiger partial charge in [0.1, 0.15) is 11.6 Å². The van der Waals surface area contributed by atoms with Crippen LogP contribution >= 0.6 is 11.9 Å². The predicted octanol–water partition coefficient (Wildman–Crippen LogP) is 5.03. The van der Waals surface area contributed by atoms with E-state index in [-0.39, 0.29) is 11.9 Å². The highest BCUT2D eigenvalue weighted by atomic mass is 32.2. The molecule has 0 aromatic heterocycles. The van der Waals surface area contributed by atoms with Gasteiger partial charge in [-0.25, -0.2) is 4.39 Å². The molecule has 3 nitrogen and oxygen atoms in total. The lowest BCUT2D eigenvalue weighted by atomic mass is 10.1. The second kappa shape index (κ2) is 14.3. The van der Waals surface area contributed by atoms with Crippen LogP contribution in [0.15, 0.2) is 24.3 Å². The zero-order valence-corrected chi connectivity index (χ0v) is 16.5. The molecule has 0 amide bonds. The highest BCUT2D eigenvalue weighted by Gasteiger charge is 2.04. The summed E-state index contributed by atoms with van der Waals surface area (Å²) >= 11 is 1.74. The van der Waals surface area contributed by atoms with Crippen LogP contribution in [-0.2, 0) is 4.79 Å². The number of rotatable bonds is 15. The smallest absolute Gasteiger partial charge is 0.146 e. The van der Waals surface area contributed by atoms with Gasteiger partial charge in [-0.1, -0.05) is 50.3 Å². The summed E-state index contributed by atoms with van der Waals surface area (Å²) in [6.45, 7) is 5.66. The number of carbonyl (C=O) groups excluding carboxylic acids is 1. The van der Waals surface area contributed by atoms with Crippen LogP contribution in [0, 0.1) is 5.82 Å². The Balaban J connectivity index is 1.90. The van der Waals surface area contributed by atoms with Gasteiger partial charge in [-0.15, -0.1) is 0 Å². The van der Waals surface area contributed by atoms with E-state index in [1.54, 1.807) is 11.9 Å². The molecular weight excluding hydrogens is 335 g/mol.